The molecule has 9 heteroatoms. The molecule has 0 aromatic carbocycles. The molecule has 1 aromatic rings. The predicted octanol–water partition coefficient (Wildman–Crippen LogP) is 1.58. The maximum Gasteiger partial charge on any atom is 0.323 e. The van der Waals surface area contributed by atoms with Gasteiger partial charge in [-0.1, -0.05) is 38.7 Å². The standard InChI is InChI=1S/C13H20N2O4S.H3NO/c1-2-3-4-5-8-11(13(16)17)20(18,19)15-12-9-6-7-10-14-12;1-2/h6-7,9-11H,2-5,8H2,1H3,(H,14,15)(H,16,17);2H,1H2. The molecule has 0 aliphatic rings. The molecule has 1 unspecified atom stereocenters. The maximum absolute atomic E-state index is 12.1. The number of rotatable bonds is 9. The number of carboxylic acids is 1. The molecule has 5 N–H and O–H groups in total. The number of unbranched alkanes of at least 4 members (excludes halogenated alkanes) is 3. The van der Waals surface area contributed by atoms with E-state index in [4.69, 9.17) is 10.3 Å². The fraction of sp³-hybridized carbons (Fsp3) is 0.538. The number of nitrogens with zero attached hydrogens (tertiary/aromatic N) is 1. The van der Waals surface area contributed by atoms with Gasteiger partial charge in [0.2, 0.25) is 10.0 Å². The van der Waals surface area contributed by atoms with Gasteiger partial charge in [0, 0.05) is 6.20 Å². The van der Waals surface area contributed by atoms with E-state index in [9.17, 15) is 13.2 Å². The summed E-state index contributed by atoms with van der Waals surface area (Å²) < 4.78 is 26.4. The van der Waals surface area contributed by atoms with Gasteiger partial charge in [0.05, 0.1) is 0 Å². The summed E-state index contributed by atoms with van der Waals surface area (Å²) >= 11 is 0. The molecule has 0 radical (unpaired) electrons. The number of nitrogens with one attached hydrogen (secondary N) is 1. The summed E-state index contributed by atoms with van der Waals surface area (Å²) in [5.74, 6) is 2.30. The zero-order valence-electron chi connectivity index (χ0n) is 12.5. The molecule has 0 fully saturated rings. The normalized spacial score (nSPS) is 12.0. The van der Waals surface area contributed by atoms with E-state index in [-0.39, 0.29) is 12.2 Å². The second kappa shape index (κ2) is 10.9. The van der Waals surface area contributed by atoms with Crippen LogP contribution in [0.1, 0.15) is 39.0 Å². The Bertz CT molecular complexity index is 522. The summed E-state index contributed by atoms with van der Waals surface area (Å²) in [6, 6.07) is 4.76. The van der Waals surface area contributed by atoms with E-state index in [0.717, 1.165) is 19.3 Å². The van der Waals surface area contributed by atoms with Gasteiger partial charge in [0.1, 0.15) is 5.82 Å². The Hall–Kier alpha value is -1.71. The first-order chi connectivity index (χ1) is 10.5. The summed E-state index contributed by atoms with van der Waals surface area (Å²) in [5.41, 5.74) is 0. The smallest absolute Gasteiger partial charge is 0.323 e. The first-order valence-corrected chi connectivity index (χ1v) is 8.43. The molecular formula is C13H23N3O5S. The molecule has 1 atom stereocenters. The fourth-order valence-electron chi connectivity index (χ4n) is 1.81. The summed E-state index contributed by atoms with van der Waals surface area (Å²) in [7, 11) is -3.97. The van der Waals surface area contributed by atoms with Crippen LogP contribution < -0.4 is 10.6 Å². The molecule has 0 spiro atoms. The summed E-state index contributed by atoms with van der Waals surface area (Å²) in [5, 5.41) is 14.2. The van der Waals surface area contributed by atoms with Crippen LogP contribution in [0.2, 0.25) is 0 Å². The van der Waals surface area contributed by atoms with Crippen LogP contribution in [0, 0.1) is 0 Å². The van der Waals surface area contributed by atoms with Gasteiger partial charge >= 0.3 is 5.97 Å². The quantitative estimate of drug-likeness (QED) is 0.397. The fourth-order valence-corrected chi connectivity index (χ4v) is 3.10. The number of carbonyl (C=O) groups is 1. The second-order valence-corrected chi connectivity index (χ2v) is 6.40. The molecule has 0 bridgehead atoms. The largest absolute Gasteiger partial charge is 0.480 e. The second-order valence-electron chi connectivity index (χ2n) is 4.54. The molecule has 0 aliphatic heterocycles. The van der Waals surface area contributed by atoms with Gasteiger partial charge in [0.15, 0.2) is 5.25 Å². The Morgan fingerprint density at radius 3 is 2.50 bits per heavy atom. The average molecular weight is 333 g/mol. The highest BCUT2D eigenvalue weighted by Gasteiger charge is 2.32. The van der Waals surface area contributed by atoms with Gasteiger partial charge in [-0.2, -0.15) is 0 Å². The van der Waals surface area contributed by atoms with Crippen LogP contribution in [-0.4, -0.2) is 34.9 Å². The minimum absolute atomic E-state index is 0.109. The molecule has 1 heterocycles. The first kappa shape index (κ1) is 20.3. The van der Waals surface area contributed by atoms with E-state index < -0.39 is 21.2 Å². The minimum Gasteiger partial charge on any atom is -0.480 e. The molecule has 0 amide bonds. The zero-order valence-corrected chi connectivity index (χ0v) is 13.3. The summed E-state index contributed by atoms with van der Waals surface area (Å²) in [6.45, 7) is 2.04. The van der Waals surface area contributed by atoms with Crippen LogP contribution in [-0.2, 0) is 14.8 Å². The van der Waals surface area contributed by atoms with Gasteiger partial charge in [0.25, 0.3) is 0 Å². The van der Waals surface area contributed by atoms with Crippen LogP contribution in [0.25, 0.3) is 0 Å². The maximum atomic E-state index is 12.1. The van der Waals surface area contributed by atoms with E-state index in [1.165, 1.54) is 12.3 Å². The lowest BCUT2D eigenvalue weighted by molar-refractivity contribution is -0.136. The number of sulfonamides is 1. The lowest BCUT2D eigenvalue weighted by Crippen LogP contribution is -2.35. The van der Waals surface area contributed by atoms with Crippen molar-refractivity contribution < 1.29 is 23.5 Å². The Balaban J connectivity index is 0.00000211. The third kappa shape index (κ3) is 7.34. The summed E-state index contributed by atoms with van der Waals surface area (Å²) in [4.78, 5) is 15.0. The molecule has 0 saturated carbocycles. The van der Waals surface area contributed by atoms with Crippen molar-refractivity contribution in [2.45, 2.75) is 44.3 Å². The van der Waals surface area contributed by atoms with Crippen molar-refractivity contribution in [2.75, 3.05) is 4.72 Å². The van der Waals surface area contributed by atoms with Gasteiger partial charge in [-0.3, -0.25) is 9.52 Å². The van der Waals surface area contributed by atoms with Crippen molar-refractivity contribution in [1.29, 1.82) is 0 Å². The Morgan fingerprint density at radius 2 is 2.00 bits per heavy atom. The number of aromatic nitrogens is 1. The SMILES string of the molecule is CCCCCCC(C(=O)O)S(=O)(=O)Nc1ccccn1.NO. The molecule has 126 valence electrons. The third-order valence-electron chi connectivity index (χ3n) is 2.88. The highest BCUT2D eigenvalue weighted by atomic mass is 32.2. The van der Waals surface area contributed by atoms with E-state index >= 15 is 0 Å². The average Bonchev–Trinajstić information content (AvgIpc) is 2.49. The van der Waals surface area contributed by atoms with Gasteiger partial charge in [-0.25, -0.2) is 19.3 Å². The highest BCUT2D eigenvalue weighted by Crippen LogP contribution is 2.15. The van der Waals surface area contributed by atoms with E-state index in [1.807, 2.05) is 6.92 Å². The Morgan fingerprint density at radius 1 is 1.32 bits per heavy atom. The lowest BCUT2D eigenvalue weighted by atomic mass is 10.1. The monoisotopic (exact) mass is 333 g/mol. The molecule has 0 saturated heterocycles. The number of carboxylic acid groups (broad SMARTS) is 1. The molecule has 1 rings (SSSR count). The minimum atomic E-state index is -3.97. The van der Waals surface area contributed by atoms with Crippen LogP contribution in [0.4, 0.5) is 5.82 Å². The third-order valence-corrected chi connectivity index (χ3v) is 4.56. The van der Waals surface area contributed by atoms with Gasteiger partial charge in [-0.05, 0) is 18.6 Å². The van der Waals surface area contributed by atoms with Crippen LogP contribution in [0.5, 0.6) is 0 Å². The van der Waals surface area contributed by atoms with Gasteiger partial charge in [-0.15, -0.1) is 0 Å². The van der Waals surface area contributed by atoms with Crippen molar-refractivity contribution in [2.24, 2.45) is 5.90 Å². The zero-order chi connectivity index (χ0) is 17.0. The number of pyridine rings is 1. The number of hydrogen-bond donors (Lipinski definition) is 4. The molecule has 8 nitrogen and oxygen atoms in total. The highest BCUT2D eigenvalue weighted by molar-refractivity contribution is 7.94. The molecular weight excluding hydrogens is 310 g/mol. The molecule has 1 aromatic heterocycles. The van der Waals surface area contributed by atoms with E-state index in [0.29, 0.717) is 6.42 Å². The summed E-state index contributed by atoms with van der Waals surface area (Å²) in [6.07, 6.45) is 4.94. The van der Waals surface area contributed by atoms with Crippen molar-refractivity contribution in [1.82, 2.24) is 4.98 Å². The van der Waals surface area contributed by atoms with E-state index in [1.54, 1.807) is 12.1 Å². The number of aliphatic carboxylic acids is 1. The topological polar surface area (TPSA) is 143 Å². The predicted molar refractivity (Wildman–Crippen MR) is 82.9 cm³/mol. The number of anilines is 1. The lowest BCUT2D eigenvalue weighted by Gasteiger charge is -2.14. The van der Waals surface area contributed by atoms with Crippen molar-refractivity contribution >= 4 is 21.8 Å². The van der Waals surface area contributed by atoms with Crippen molar-refractivity contribution in [3.63, 3.8) is 0 Å². The van der Waals surface area contributed by atoms with E-state index in [2.05, 4.69) is 15.6 Å². The molecule has 22 heavy (non-hydrogen) atoms. The van der Waals surface area contributed by atoms with Crippen LogP contribution in [0.3, 0.4) is 0 Å². The first-order valence-electron chi connectivity index (χ1n) is 6.88. The Kier molecular flexibility index (Phi) is 10.1. The molecule has 0 aliphatic carbocycles. The van der Waals surface area contributed by atoms with Crippen LogP contribution >= 0.6 is 0 Å². The Labute approximate surface area is 130 Å². The van der Waals surface area contributed by atoms with Crippen molar-refractivity contribution in [3.8, 4) is 0 Å². The number of nitrogens with two attached hydrogens (primary N) is 1. The van der Waals surface area contributed by atoms with Crippen LogP contribution in [0.15, 0.2) is 24.4 Å². The van der Waals surface area contributed by atoms with Gasteiger partial charge < -0.3 is 10.3 Å². The van der Waals surface area contributed by atoms with Crippen molar-refractivity contribution in [3.05, 3.63) is 24.4 Å². The number of hydrogen-bond acceptors (Lipinski definition) is 6.